The number of hydrogen-bond donors (Lipinski definition) is 2. The van der Waals surface area contributed by atoms with E-state index < -0.39 is 0 Å². The van der Waals surface area contributed by atoms with Crippen LogP contribution in [-0.4, -0.2) is 38.8 Å². The average Bonchev–Trinajstić information content (AvgIpc) is 3.01. The van der Waals surface area contributed by atoms with Crippen molar-refractivity contribution in [3.63, 3.8) is 0 Å². The van der Waals surface area contributed by atoms with Gasteiger partial charge in [0.25, 0.3) is 11.5 Å². The van der Waals surface area contributed by atoms with Crippen LogP contribution in [0.2, 0.25) is 0 Å². The second-order valence-corrected chi connectivity index (χ2v) is 6.85. The standard InChI is InChI=1S/C18H24N4O2/c1-11(2)15-7-6-14(17(23)21-15)18(24)22-8-4-5-13(10-22)16-19-9-12(3)20-16/h6-7,9,11,13H,4-5,8,10H2,1-3H3,(H,19,20)(H,21,23)/t13-/m0/s1. The van der Waals surface area contributed by atoms with Gasteiger partial charge in [-0.15, -0.1) is 0 Å². The van der Waals surface area contributed by atoms with Gasteiger partial charge in [-0.1, -0.05) is 13.8 Å². The van der Waals surface area contributed by atoms with Crippen molar-refractivity contribution >= 4 is 5.91 Å². The molecule has 0 unspecified atom stereocenters. The molecule has 1 amide bonds. The highest BCUT2D eigenvalue weighted by Gasteiger charge is 2.28. The molecule has 3 heterocycles. The molecule has 0 aliphatic carbocycles. The topological polar surface area (TPSA) is 81.8 Å². The van der Waals surface area contributed by atoms with Crippen LogP contribution in [0.15, 0.2) is 23.1 Å². The van der Waals surface area contributed by atoms with E-state index in [0.717, 1.165) is 30.1 Å². The van der Waals surface area contributed by atoms with E-state index >= 15 is 0 Å². The summed E-state index contributed by atoms with van der Waals surface area (Å²) in [5.41, 5.74) is 1.78. The van der Waals surface area contributed by atoms with Gasteiger partial charge in [0.1, 0.15) is 11.4 Å². The van der Waals surface area contributed by atoms with E-state index in [-0.39, 0.29) is 28.9 Å². The minimum Gasteiger partial charge on any atom is -0.346 e. The maximum atomic E-state index is 12.8. The molecule has 0 radical (unpaired) electrons. The Morgan fingerprint density at radius 3 is 2.75 bits per heavy atom. The second-order valence-electron chi connectivity index (χ2n) is 6.85. The lowest BCUT2D eigenvalue weighted by Gasteiger charge is -2.31. The van der Waals surface area contributed by atoms with E-state index in [9.17, 15) is 9.59 Å². The summed E-state index contributed by atoms with van der Waals surface area (Å²) in [6.07, 6.45) is 3.73. The van der Waals surface area contributed by atoms with Crippen LogP contribution in [0.1, 0.15) is 66.1 Å². The molecule has 0 aromatic carbocycles. The number of hydrogen-bond acceptors (Lipinski definition) is 3. The highest BCUT2D eigenvalue weighted by Crippen LogP contribution is 2.25. The molecule has 2 aromatic heterocycles. The Labute approximate surface area is 141 Å². The van der Waals surface area contributed by atoms with Crippen molar-refractivity contribution in [2.24, 2.45) is 0 Å². The Bertz CT molecular complexity index is 790. The molecule has 1 fully saturated rings. The van der Waals surface area contributed by atoms with Gasteiger partial charge >= 0.3 is 0 Å². The lowest BCUT2D eigenvalue weighted by molar-refractivity contribution is 0.0703. The largest absolute Gasteiger partial charge is 0.346 e. The van der Waals surface area contributed by atoms with E-state index in [1.807, 2.05) is 33.0 Å². The number of nitrogens with one attached hydrogen (secondary N) is 2. The van der Waals surface area contributed by atoms with E-state index in [1.54, 1.807) is 11.0 Å². The number of aryl methyl sites for hydroxylation is 1. The van der Waals surface area contributed by atoms with Crippen LogP contribution in [0.25, 0.3) is 0 Å². The van der Waals surface area contributed by atoms with E-state index in [0.29, 0.717) is 13.1 Å². The molecule has 3 rings (SSSR count). The maximum absolute atomic E-state index is 12.8. The molecule has 2 N–H and O–H groups in total. The number of piperidine rings is 1. The first-order valence-electron chi connectivity index (χ1n) is 8.49. The zero-order valence-electron chi connectivity index (χ0n) is 14.4. The number of rotatable bonds is 3. The highest BCUT2D eigenvalue weighted by atomic mass is 16.2. The molecular formula is C18H24N4O2. The minimum atomic E-state index is -0.304. The summed E-state index contributed by atoms with van der Waals surface area (Å²) >= 11 is 0. The van der Waals surface area contributed by atoms with Crippen molar-refractivity contribution in [2.75, 3.05) is 13.1 Å². The zero-order chi connectivity index (χ0) is 17.3. The van der Waals surface area contributed by atoms with Crippen molar-refractivity contribution < 1.29 is 4.79 Å². The van der Waals surface area contributed by atoms with Gasteiger partial charge in [0, 0.05) is 36.6 Å². The zero-order valence-corrected chi connectivity index (χ0v) is 14.4. The molecule has 1 saturated heterocycles. The summed E-state index contributed by atoms with van der Waals surface area (Å²) in [5, 5.41) is 0. The predicted octanol–water partition coefficient (Wildman–Crippen LogP) is 2.55. The SMILES string of the molecule is Cc1cnc([C@H]2CCCN(C(=O)c3ccc(C(C)C)[nH]c3=O)C2)[nH]1. The number of H-pyrrole nitrogens is 2. The fraction of sp³-hybridized carbons (Fsp3) is 0.500. The van der Waals surface area contributed by atoms with Crippen molar-refractivity contribution in [1.29, 1.82) is 0 Å². The van der Waals surface area contributed by atoms with Gasteiger partial charge in [-0.05, 0) is 37.8 Å². The Balaban J connectivity index is 1.78. The molecule has 0 saturated carbocycles. The summed E-state index contributed by atoms with van der Waals surface area (Å²) in [7, 11) is 0. The fourth-order valence-electron chi connectivity index (χ4n) is 3.19. The van der Waals surface area contributed by atoms with Gasteiger partial charge in [-0.2, -0.15) is 0 Å². The molecule has 24 heavy (non-hydrogen) atoms. The van der Waals surface area contributed by atoms with Gasteiger partial charge in [-0.3, -0.25) is 9.59 Å². The minimum absolute atomic E-state index is 0.195. The normalized spacial score (nSPS) is 18.2. The van der Waals surface area contributed by atoms with Crippen molar-refractivity contribution in [3.05, 3.63) is 51.5 Å². The van der Waals surface area contributed by atoms with Crippen molar-refractivity contribution in [3.8, 4) is 0 Å². The van der Waals surface area contributed by atoms with E-state index in [4.69, 9.17) is 0 Å². The third-order valence-corrected chi connectivity index (χ3v) is 4.60. The lowest BCUT2D eigenvalue weighted by Crippen LogP contribution is -2.41. The van der Waals surface area contributed by atoms with Crippen LogP contribution in [0.5, 0.6) is 0 Å². The average molecular weight is 328 g/mol. The molecule has 2 aromatic rings. The van der Waals surface area contributed by atoms with Crippen LogP contribution < -0.4 is 5.56 Å². The van der Waals surface area contributed by atoms with Gasteiger partial charge in [-0.25, -0.2) is 4.98 Å². The molecule has 1 atom stereocenters. The van der Waals surface area contributed by atoms with E-state index in [1.165, 1.54) is 0 Å². The number of nitrogens with zero attached hydrogens (tertiary/aromatic N) is 2. The molecule has 0 bridgehead atoms. The number of likely N-dealkylation sites (tertiary alicyclic amines) is 1. The van der Waals surface area contributed by atoms with Crippen molar-refractivity contribution in [1.82, 2.24) is 19.9 Å². The first kappa shape index (κ1) is 16.5. The lowest BCUT2D eigenvalue weighted by atomic mass is 9.96. The summed E-state index contributed by atoms with van der Waals surface area (Å²) in [5.74, 6) is 1.16. The van der Waals surface area contributed by atoms with Crippen LogP contribution in [0.3, 0.4) is 0 Å². The third kappa shape index (κ3) is 3.27. The van der Waals surface area contributed by atoms with Gasteiger partial charge < -0.3 is 14.9 Å². The van der Waals surface area contributed by atoms with Gasteiger partial charge in [0.2, 0.25) is 0 Å². The van der Waals surface area contributed by atoms with Gasteiger partial charge in [0.05, 0.1) is 0 Å². The monoisotopic (exact) mass is 328 g/mol. The van der Waals surface area contributed by atoms with Crippen LogP contribution >= 0.6 is 0 Å². The highest BCUT2D eigenvalue weighted by molar-refractivity contribution is 5.94. The Morgan fingerprint density at radius 2 is 2.12 bits per heavy atom. The number of carbonyl (C=O) groups excluding carboxylic acids is 1. The molecule has 128 valence electrons. The summed E-state index contributed by atoms with van der Waals surface area (Å²) in [6.45, 7) is 7.26. The van der Waals surface area contributed by atoms with Gasteiger partial charge in [0.15, 0.2) is 0 Å². The number of carbonyl (C=O) groups is 1. The van der Waals surface area contributed by atoms with Crippen LogP contribution in [-0.2, 0) is 0 Å². The first-order valence-corrected chi connectivity index (χ1v) is 8.49. The molecule has 0 spiro atoms. The Kier molecular flexibility index (Phi) is 4.55. The number of pyridine rings is 1. The Morgan fingerprint density at radius 1 is 1.33 bits per heavy atom. The number of imidazole rings is 1. The summed E-state index contributed by atoms with van der Waals surface area (Å²) < 4.78 is 0. The maximum Gasteiger partial charge on any atom is 0.261 e. The second kappa shape index (κ2) is 6.63. The quantitative estimate of drug-likeness (QED) is 0.908. The molecular weight excluding hydrogens is 304 g/mol. The fourth-order valence-corrected chi connectivity index (χ4v) is 3.19. The smallest absolute Gasteiger partial charge is 0.261 e. The summed E-state index contributed by atoms with van der Waals surface area (Å²) in [6, 6.07) is 3.48. The van der Waals surface area contributed by atoms with Crippen molar-refractivity contribution in [2.45, 2.75) is 45.4 Å². The third-order valence-electron chi connectivity index (χ3n) is 4.60. The number of aromatic amines is 2. The molecule has 6 nitrogen and oxygen atoms in total. The molecule has 6 heteroatoms. The number of amides is 1. The van der Waals surface area contributed by atoms with E-state index in [2.05, 4.69) is 15.0 Å². The number of aromatic nitrogens is 3. The Hall–Kier alpha value is -2.37. The van der Waals surface area contributed by atoms with Crippen LogP contribution in [0.4, 0.5) is 0 Å². The molecule has 1 aliphatic heterocycles. The molecule has 1 aliphatic rings. The predicted molar refractivity (Wildman–Crippen MR) is 92.4 cm³/mol. The first-order chi connectivity index (χ1) is 11.5. The van der Waals surface area contributed by atoms with Crippen LogP contribution in [0, 0.1) is 6.92 Å². The summed E-state index contributed by atoms with van der Waals surface area (Å²) in [4.78, 5) is 37.3.